The number of benzene rings is 3. The molecule has 1 aromatic heterocycles. The van der Waals surface area contributed by atoms with Gasteiger partial charge in [0, 0.05) is 40.3 Å². The van der Waals surface area contributed by atoms with Gasteiger partial charge < -0.3 is 9.30 Å². The number of rotatable bonds is 8. The van der Waals surface area contributed by atoms with Gasteiger partial charge in [-0.1, -0.05) is 18.2 Å². The normalized spacial score (nSPS) is 11.0. The summed E-state index contributed by atoms with van der Waals surface area (Å²) in [6, 6.07) is 22.3. The molecular formula is C26H23FN4O3. The van der Waals surface area contributed by atoms with Gasteiger partial charge in [0.15, 0.2) is 0 Å². The molecule has 0 aliphatic carbocycles. The van der Waals surface area contributed by atoms with E-state index in [1.54, 1.807) is 36.5 Å². The van der Waals surface area contributed by atoms with Gasteiger partial charge in [0.05, 0.1) is 16.8 Å². The summed E-state index contributed by atoms with van der Waals surface area (Å²) in [4.78, 5) is 10.3. The maximum atomic E-state index is 13.8. The lowest BCUT2D eigenvalue weighted by Crippen LogP contribution is -2.01. The molecule has 0 fully saturated rings. The molecule has 1 heterocycles. The summed E-state index contributed by atoms with van der Waals surface area (Å²) < 4.78 is 21.6. The second-order valence-corrected chi connectivity index (χ2v) is 7.71. The van der Waals surface area contributed by atoms with E-state index in [9.17, 15) is 14.5 Å². The predicted molar refractivity (Wildman–Crippen MR) is 130 cm³/mol. The van der Waals surface area contributed by atoms with Crippen LogP contribution >= 0.6 is 0 Å². The number of nitro benzene ring substituents is 1. The maximum Gasteiger partial charge on any atom is 0.269 e. The molecule has 0 radical (unpaired) electrons. The molecule has 0 saturated heterocycles. The number of nitro groups is 1. The monoisotopic (exact) mass is 458 g/mol. The summed E-state index contributed by atoms with van der Waals surface area (Å²) in [7, 11) is 0. The highest BCUT2D eigenvalue weighted by Gasteiger charge is 2.10. The molecule has 0 atom stereocenters. The third-order valence-corrected chi connectivity index (χ3v) is 5.39. The summed E-state index contributed by atoms with van der Waals surface area (Å²) in [5, 5.41) is 15.0. The Morgan fingerprint density at radius 3 is 2.44 bits per heavy atom. The van der Waals surface area contributed by atoms with Crippen molar-refractivity contribution in [2.75, 3.05) is 5.43 Å². The van der Waals surface area contributed by atoms with Crippen molar-refractivity contribution in [1.82, 2.24) is 4.57 Å². The third-order valence-electron chi connectivity index (χ3n) is 5.39. The van der Waals surface area contributed by atoms with Crippen molar-refractivity contribution in [2.45, 2.75) is 20.5 Å². The highest BCUT2D eigenvalue weighted by molar-refractivity contribution is 5.82. The highest BCUT2D eigenvalue weighted by Crippen LogP contribution is 2.23. The van der Waals surface area contributed by atoms with Gasteiger partial charge >= 0.3 is 0 Å². The largest absolute Gasteiger partial charge is 0.489 e. The van der Waals surface area contributed by atoms with Gasteiger partial charge in [-0.15, -0.1) is 0 Å². The number of non-ortho nitro benzene ring substituents is 1. The summed E-state index contributed by atoms with van der Waals surface area (Å²) in [5.41, 5.74) is 8.03. The first-order valence-corrected chi connectivity index (χ1v) is 10.6. The molecule has 0 aliphatic heterocycles. The fourth-order valence-corrected chi connectivity index (χ4v) is 3.62. The average Bonchev–Trinajstić information content (AvgIpc) is 3.12. The summed E-state index contributed by atoms with van der Waals surface area (Å²) in [5.74, 6) is 0.374. The lowest BCUT2D eigenvalue weighted by Gasteiger charge is -2.12. The number of aromatic nitrogens is 1. The van der Waals surface area contributed by atoms with E-state index >= 15 is 0 Å². The highest BCUT2D eigenvalue weighted by atomic mass is 19.1. The van der Waals surface area contributed by atoms with Crippen molar-refractivity contribution in [2.24, 2.45) is 5.10 Å². The van der Waals surface area contributed by atoms with Crippen LogP contribution in [-0.2, 0) is 6.61 Å². The molecule has 172 valence electrons. The first-order valence-electron chi connectivity index (χ1n) is 10.6. The first-order chi connectivity index (χ1) is 16.4. The van der Waals surface area contributed by atoms with E-state index in [1.165, 1.54) is 18.2 Å². The van der Waals surface area contributed by atoms with E-state index in [-0.39, 0.29) is 18.1 Å². The summed E-state index contributed by atoms with van der Waals surface area (Å²) in [6.07, 6.45) is 1.71. The van der Waals surface area contributed by atoms with E-state index in [4.69, 9.17) is 4.74 Å². The van der Waals surface area contributed by atoms with Crippen LogP contribution in [0.1, 0.15) is 22.5 Å². The molecule has 0 aliphatic rings. The van der Waals surface area contributed by atoms with E-state index in [1.807, 2.05) is 44.2 Å². The van der Waals surface area contributed by atoms with Gasteiger partial charge in [0.25, 0.3) is 5.69 Å². The van der Waals surface area contributed by atoms with Gasteiger partial charge in [-0.25, -0.2) is 4.39 Å². The van der Waals surface area contributed by atoms with Crippen LogP contribution in [0.2, 0.25) is 0 Å². The molecule has 34 heavy (non-hydrogen) atoms. The molecule has 4 aromatic rings. The zero-order valence-electron chi connectivity index (χ0n) is 18.7. The van der Waals surface area contributed by atoms with Crippen LogP contribution < -0.4 is 10.2 Å². The maximum absolute atomic E-state index is 13.8. The number of nitrogens with one attached hydrogen (secondary N) is 1. The fourth-order valence-electron chi connectivity index (χ4n) is 3.62. The molecular weight excluding hydrogens is 435 g/mol. The average molecular weight is 458 g/mol. The lowest BCUT2D eigenvalue weighted by atomic mass is 10.2. The van der Waals surface area contributed by atoms with Crippen LogP contribution in [0.3, 0.4) is 0 Å². The number of hydrazone groups is 1. The van der Waals surface area contributed by atoms with Crippen molar-refractivity contribution in [3.8, 4) is 11.4 Å². The Bertz CT molecular complexity index is 1330. The standard InChI is InChI=1S/C26H23FN4O3/c1-18-15-21(16-28-29-22-7-9-24(10-8-22)31(32)33)19(2)30(18)23-11-13-25(14-12-23)34-17-20-5-3-4-6-26(20)27/h3-16,29H,17H2,1-2H3/b28-16+. The Hall–Kier alpha value is -4.46. The number of anilines is 1. The third kappa shape index (κ3) is 5.12. The van der Waals surface area contributed by atoms with Crippen LogP contribution in [0, 0.1) is 29.8 Å². The zero-order chi connectivity index (χ0) is 24.1. The number of ether oxygens (including phenoxy) is 1. The van der Waals surface area contributed by atoms with Gasteiger partial charge in [-0.3, -0.25) is 15.5 Å². The molecule has 4 rings (SSSR count). The lowest BCUT2D eigenvalue weighted by molar-refractivity contribution is -0.384. The van der Waals surface area contributed by atoms with Gasteiger partial charge in [-0.05, 0) is 62.4 Å². The van der Waals surface area contributed by atoms with Crippen molar-refractivity contribution >= 4 is 17.6 Å². The molecule has 0 amide bonds. The van der Waals surface area contributed by atoms with E-state index in [2.05, 4.69) is 15.1 Å². The minimum absolute atomic E-state index is 0.0294. The summed E-state index contributed by atoms with van der Waals surface area (Å²) in [6.45, 7) is 4.18. The number of aryl methyl sites for hydroxylation is 1. The molecule has 0 saturated carbocycles. The van der Waals surface area contributed by atoms with E-state index in [0.717, 1.165) is 22.6 Å². The number of nitrogens with zero attached hydrogens (tertiary/aromatic N) is 3. The SMILES string of the molecule is Cc1cc(/C=N/Nc2ccc([N+](=O)[O-])cc2)c(C)n1-c1ccc(OCc2ccccc2F)cc1. The Morgan fingerprint density at radius 1 is 1.06 bits per heavy atom. The van der Waals surface area contributed by atoms with Crippen LogP contribution in [0.4, 0.5) is 15.8 Å². The van der Waals surface area contributed by atoms with E-state index in [0.29, 0.717) is 17.0 Å². The summed E-state index contributed by atoms with van der Waals surface area (Å²) >= 11 is 0. The topological polar surface area (TPSA) is 81.7 Å². The quantitative estimate of drug-likeness (QED) is 0.195. The Kier molecular flexibility index (Phi) is 6.68. The van der Waals surface area contributed by atoms with Crippen molar-refractivity contribution in [1.29, 1.82) is 0 Å². The molecule has 0 unspecified atom stereocenters. The molecule has 8 heteroatoms. The van der Waals surface area contributed by atoms with Gasteiger partial charge in [-0.2, -0.15) is 5.10 Å². The van der Waals surface area contributed by atoms with Crippen LogP contribution in [0.25, 0.3) is 5.69 Å². The Morgan fingerprint density at radius 2 is 1.76 bits per heavy atom. The van der Waals surface area contributed by atoms with Crippen LogP contribution in [-0.4, -0.2) is 15.7 Å². The smallest absolute Gasteiger partial charge is 0.269 e. The molecule has 3 aromatic carbocycles. The molecule has 7 nitrogen and oxygen atoms in total. The number of halogens is 1. The van der Waals surface area contributed by atoms with Crippen molar-refractivity contribution in [3.63, 3.8) is 0 Å². The first kappa shape index (κ1) is 22.7. The number of hydrogen-bond acceptors (Lipinski definition) is 5. The molecule has 0 bridgehead atoms. The minimum atomic E-state index is -0.441. The Labute approximate surface area is 196 Å². The van der Waals surface area contributed by atoms with Crippen LogP contribution in [0.15, 0.2) is 84.0 Å². The van der Waals surface area contributed by atoms with Gasteiger partial charge in [0.2, 0.25) is 0 Å². The predicted octanol–water partition coefficient (Wildman–Crippen LogP) is 6.17. The fraction of sp³-hybridized carbons (Fsp3) is 0.115. The van der Waals surface area contributed by atoms with Crippen molar-refractivity contribution in [3.05, 3.63) is 117 Å². The van der Waals surface area contributed by atoms with Gasteiger partial charge in [0.1, 0.15) is 18.2 Å². The second-order valence-electron chi connectivity index (χ2n) is 7.71. The van der Waals surface area contributed by atoms with E-state index < -0.39 is 4.92 Å². The zero-order valence-corrected chi connectivity index (χ0v) is 18.7. The molecule has 1 N–H and O–H groups in total. The second kappa shape index (κ2) is 9.99. The number of hydrogen-bond donors (Lipinski definition) is 1. The minimum Gasteiger partial charge on any atom is -0.489 e. The van der Waals surface area contributed by atoms with Crippen molar-refractivity contribution < 1.29 is 14.1 Å². The van der Waals surface area contributed by atoms with Crippen LogP contribution in [0.5, 0.6) is 5.75 Å². The Balaban J connectivity index is 1.43. The molecule has 0 spiro atoms.